The first-order chi connectivity index (χ1) is 12.8. The van der Waals surface area contributed by atoms with Crippen LogP contribution in [0.3, 0.4) is 0 Å². The van der Waals surface area contributed by atoms with E-state index in [-0.39, 0.29) is 0 Å². The van der Waals surface area contributed by atoms with Crippen molar-refractivity contribution in [3.63, 3.8) is 0 Å². The van der Waals surface area contributed by atoms with Crippen LogP contribution in [-0.4, -0.2) is 34.6 Å². The fraction of sp³-hybridized carbons (Fsp3) is 0.286. The van der Waals surface area contributed by atoms with E-state index in [2.05, 4.69) is 52.5 Å². The second-order valence-corrected chi connectivity index (χ2v) is 8.07. The second-order valence-electron chi connectivity index (χ2n) is 6.50. The molecule has 5 heteroatoms. The van der Waals surface area contributed by atoms with Crippen molar-refractivity contribution in [2.75, 3.05) is 18.8 Å². The SMILES string of the molecule is Clc1ccc(CN2CCCC2=NCCSc2c[nH]c3ccccc23)cc1. The molecule has 1 aromatic heterocycles. The Kier molecular flexibility index (Phi) is 5.51. The number of aliphatic imine (C=N–C) groups is 1. The van der Waals surface area contributed by atoms with Crippen LogP contribution in [-0.2, 0) is 6.54 Å². The predicted molar refractivity (Wildman–Crippen MR) is 112 cm³/mol. The highest BCUT2D eigenvalue weighted by atomic mass is 35.5. The topological polar surface area (TPSA) is 31.4 Å². The van der Waals surface area contributed by atoms with Crippen molar-refractivity contribution in [2.24, 2.45) is 4.99 Å². The number of hydrogen-bond donors (Lipinski definition) is 1. The molecule has 3 aromatic rings. The molecule has 1 saturated heterocycles. The van der Waals surface area contributed by atoms with Crippen LogP contribution in [0.25, 0.3) is 10.9 Å². The van der Waals surface area contributed by atoms with Gasteiger partial charge in [-0.2, -0.15) is 0 Å². The van der Waals surface area contributed by atoms with Crippen molar-refractivity contribution >= 4 is 40.1 Å². The number of likely N-dealkylation sites (tertiary alicyclic amines) is 1. The maximum absolute atomic E-state index is 5.98. The lowest BCUT2D eigenvalue weighted by Crippen LogP contribution is -2.24. The van der Waals surface area contributed by atoms with Gasteiger partial charge in [0.25, 0.3) is 0 Å². The minimum Gasteiger partial charge on any atom is -0.360 e. The Hall–Kier alpha value is -1.91. The van der Waals surface area contributed by atoms with Crippen LogP contribution in [0.15, 0.2) is 64.6 Å². The van der Waals surface area contributed by atoms with E-state index in [9.17, 15) is 0 Å². The average molecular weight is 384 g/mol. The number of amidine groups is 1. The normalized spacial score (nSPS) is 16.0. The van der Waals surface area contributed by atoms with Gasteiger partial charge in [0.2, 0.25) is 0 Å². The summed E-state index contributed by atoms with van der Waals surface area (Å²) in [5, 5.41) is 2.09. The molecule has 2 aromatic carbocycles. The maximum Gasteiger partial charge on any atom is 0.0992 e. The molecule has 0 spiro atoms. The van der Waals surface area contributed by atoms with Gasteiger partial charge in [0, 0.05) is 52.3 Å². The zero-order valence-electron chi connectivity index (χ0n) is 14.6. The number of nitrogens with zero attached hydrogens (tertiary/aromatic N) is 2. The average Bonchev–Trinajstić information content (AvgIpc) is 3.28. The highest BCUT2D eigenvalue weighted by molar-refractivity contribution is 7.99. The van der Waals surface area contributed by atoms with Crippen LogP contribution in [0, 0.1) is 0 Å². The number of hydrogen-bond acceptors (Lipinski definition) is 2. The third-order valence-corrected chi connectivity index (χ3v) is 5.96. The van der Waals surface area contributed by atoms with Gasteiger partial charge in [-0.15, -0.1) is 11.8 Å². The molecule has 0 bridgehead atoms. The summed E-state index contributed by atoms with van der Waals surface area (Å²) in [4.78, 5) is 11.9. The number of para-hydroxylation sites is 1. The summed E-state index contributed by atoms with van der Waals surface area (Å²) in [6, 6.07) is 16.6. The molecule has 2 heterocycles. The van der Waals surface area contributed by atoms with Gasteiger partial charge in [0.15, 0.2) is 0 Å². The Balaban J connectivity index is 1.33. The zero-order chi connectivity index (χ0) is 17.8. The second kappa shape index (κ2) is 8.19. The van der Waals surface area contributed by atoms with Crippen LogP contribution in [0.2, 0.25) is 5.02 Å². The number of aromatic amines is 1. The minimum absolute atomic E-state index is 0.790. The third kappa shape index (κ3) is 4.08. The highest BCUT2D eigenvalue weighted by Gasteiger charge is 2.18. The maximum atomic E-state index is 5.98. The van der Waals surface area contributed by atoms with Crippen LogP contribution in [0.1, 0.15) is 18.4 Å². The van der Waals surface area contributed by atoms with E-state index in [0.717, 1.165) is 36.8 Å². The molecule has 0 radical (unpaired) electrons. The van der Waals surface area contributed by atoms with Gasteiger partial charge >= 0.3 is 0 Å². The fourth-order valence-electron chi connectivity index (χ4n) is 3.37. The minimum atomic E-state index is 0.790. The molecule has 1 fully saturated rings. The van der Waals surface area contributed by atoms with Crippen molar-refractivity contribution in [3.05, 3.63) is 65.3 Å². The van der Waals surface area contributed by atoms with Gasteiger partial charge in [-0.1, -0.05) is 41.9 Å². The Morgan fingerprint density at radius 3 is 2.85 bits per heavy atom. The van der Waals surface area contributed by atoms with Crippen molar-refractivity contribution in [1.29, 1.82) is 0 Å². The first-order valence-corrected chi connectivity index (χ1v) is 10.4. The molecular weight excluding hydrogens is 362 g/mol. The van der Waals surface area contributed by atoms with Crippen LogP contribution in [0.5, 0.6) is 0 Å². The molecule has 0 saturated carbocycles. The van der Waals surface area contributed by atoms with Crippen LogP contribution < -0.4 is 0 Å². The number of nitrogens with one attached hydrogen (secondary N) is 1. The van der Waals surface area contributed by atoms with E-state index in [1.54, 1.807) is 0 Å². The molecule has 0 aliphatic carbocycles. The fourth-order valence-corrected chi connectivity index (χ4v) is 4.37. The van der Waals surface area contributed by atoms with Gasteiger partial charge in [-0.05, 0) is 30.2 Å². The lowest BCUT2D eigenvalue weighted by molar-refractivity contribution is 0.447. The van der Waals surface area contributed by atoms with Crippen LogP contribution >= 0.6 is 23.4 Å². The molecular formula is C21H22ClN3S. The summed E-state index contributed by atoms with van der Waals surface area (Å²) >= 11 is 7.85. The lowest BCUT2D eigenvalue weighted by atomic mass is 10.2. The van der Waals surface area contributed by atoms with E-state index in [1.165, 1.54) is 33.6 Å². The Bertz CT molecular complexity index is 901. The molecule has 0 unspecified atom stereocenters. The summed E-state index contributed by atoms with van der Waals surface area (Å²) in [5.41, 5.74) is 2.49. The summed E-state index contributed by atoms with van der Waals surface area (Å²) < 4.78 is 0. The molecule has 0 amide bonds. The standard InChI is InChI=1S/C21H22ClN3S/c22-17-9-7-16(8-10-17)15-25-12-3-6-21(25)23-11-13-26-20-14-24-19-5-2-1-4-18(19)20/h1-2,4-5,7-10,14,24H,3,6,11-13,15H2. The highest BCUT2D eigenvalue weighted by Crippen LogP contribution is 2.27. The number of fused-ring (bicyclic) bond motifs is 1. The number of H-pyrrole nitrogens is 1. The van der Waals surface area contributed by atoms with E-state index in [4.69, 9.17) is 16.6 Å². The van der Waals surface area contributed by atoms with Crippen molar-refractivity contribution in [2.45, 2.75) is 24.3 Å². The number of aromatic nitrogens is 1. The molecule has 3 nitrogen and oxygen atoms in total. The molecule has 1 N–H and O–H groups in total. The quantitative estimate of drug-likeness (QED) is 0.443. The summed E-state index contributed by atoms with van der Waals surface area (Å²) in [7, 11) is 0. The van der Waals surface area contributed by atoms with Crippen molar-refractivity contribution in [3.8, 4) is 0 Å². The van der Waals surface area contributed by atoms with Gasteiger partial charge in [-0.25, -0.2) is 0 Å². The Morgan fingerprint density at radius 2 is 1.96 bits per heavy atom. The summed E-state index contributed by atoms with van der Waals surface area (Å²) in [5.74, 6) is 2.25. The van der Waals surface area contributed by atoms with Crippen molar-refractivity contribution in [1.82, 2.24) is 9.88 Å². The molecule has 4 rings (SSSR count). The van der Waals surface area contributed by atoms with Gasteiger partial charge in [-0.3, -0.25) is 4.99 Å². The van der Waals surface area contributed by atoms with Gasteiger partial charge < -0.3 is 9.88 Å². The first kappa shape index (κ1) is 17.5. The molecule has 134 valence electrons. The van der Waals surface area contributed by atoms with E-state index in [0.29, 0.717) is 0 Å². The monoisotopic (exact) mass is 383 g/mol. The zero-order valence-corrected chi connectivity index (χ0v) is 16.2. The number of thioether (sulfide) groups is 1. The van der Waals surface area contributed by atoms with Gasteiger partial charge in [0.1, 0.15) is 0 Å². The number of halogens is 1. The number of benzene rings is 2. The Morgan fingerprint density at radius 1 is 1.12 bits per heavy atom. The van der Waals surface area contributed by atoms with E-state index < -0.39 is 0 Å². The summed E-state index contributed by atoms with van der Waals surface area (Å²) in [6.07, 6.45) is 4.39. The molecule has 26 heavy (non-hydrogen) atoms. The molecule has 0 atom stereocenters. The van der Waals surface area contributed by atoms with Crippen molar-refractivity contribution < 1.29 is 0 Å². The largest absolute Gasteiger partial charge is 0.360 e. The third-order valence-electron chi connectivity index (χ3n) is 4.67. The summed E-state index contributed by atoms with van der Waals surface area (Å²) in [6.45, 7) is 2.87. The predicted octanol–water partition coefficient (Wildman–Crippen LogP) is 5.61. The first-order valence-electron chi connectivity index (χ1n) is 9.01. The number of rotatable bonds is 6. The lowest BCUT2D eigenvalue weighted by Gasteiger charge is -2.19. The Labute approximate surface area is 163 Å². The van der Waals surface area contributed by atoms with E-state index >= 15 is 0 Å². The smallest absolute Gasteiger partial charge is 0.0992 e. The molecule has 1 aliphatic rings. The van der Waals surface area contributed by atoms with Gasteiger partial charge in [0.05, 0.1) is 12.4 Å². The molecule has 1 aliphatic heterocycles. The van der Waals surface area contributed by atoms with E-state index in [1.807, 2.05) is 23.9 Å². The van der Waals surface area contributed by atoms with Crippen LogP contribution in [0.4, 0.5) is 0 Å².